The van der Waals surface area contributed by atoms with E-state index in [0.717, 1.165) is 0 Å². The molecule has 2 aliphatic rings. The van der Waals surface area contributed by atoms with Crippen LogP contribution < -0.4 is 11.0 Å². The van der Waals surface area contributed by atoms with Gasteiger partial charge in [0.25, 0.3) is 0 Å². The summed E-state index contributed by atoms with van der Waals surface area (Å²) in [5, 5.41) is 11.7. The summed E-state index contributed by atoms with van der Waals surface area (Å²) in [5.41, 5.74) is 0.982. The summed E-state index contributed by atoms with van der Waals surface area (Å²) in [7, 11) is -5.49. The zero-order valence-corrected chi connectivity index (χ0v) is 23.7. The van der Waals surface area contributed by atoms with E-state index in [1.807, 2.05) is 0 Å². The van der Waals surface area contributed by atoms with Crippen molar-refractivity contribution in [3.63, 3.8) is 0 Å². The minimum absolute atomic E-state index is 0.180. The molecule has 2 saturated heterocycles. The molecule has 3 rings (SSSR count). The minimum Gasteiger partial charge on any atom is -0.414 e. The first kappa shape index (κ1) is 27.2. The number of hydrogen-bond donors (Lipinski definition) is 2. The van der Waals surface area contributed by atoms with Crippen molar-refractivity contribution in [3.8, 4) is 0 Å². The second kappa shape index (κ2) is 10.3. The fourth-order valence-electron chi connectivity index (χ4n) is 5.12. The normalized spacial score (nSPS) is 26.7. The molecule has 2 fully saturated rings. The van der Waals surface area contributed by atoms with Crippen molar-refractivity contribution >= 4 is 22.9 Å². The monoisotopic (exact) mass is 511 g/mol. The van der Waals surface area contributed by atoms with Gasteiger partial charge in [-0.05, 0) is 28.2 Å². The van der Waals surface area contributed by atoms with Gasteiger partial charge in [0.15, 0.2) is 6.23 Å². The smallest absolute Gasteiger partial charge is 0.351 e. The SMILES string of the molecule is C=C1[C@H](n2ccc(NCO)nc2=O)O[C@@H]2CO[Si](C(C)C)(C(C)C)O[Si](C(C)C)(C(C)C)O[C@@H]12. The van der Waals surface area contributed by atoms with Crippen LogP contribution in [0.3, 0.4) is 0 Å². The summed E-state index contributed by atoms with van der Waals surface area (Å²) in [5.74, 6) is 0.294. The highest BCUT2D eigenvalue weighted by Crippen LogP contribution is 2.49. The van der Waals surface area contributed by atoms with E-state index < -0.39 is 41.2 Å². The van der Waals surface area contributed by atoms with Crippen molar-refractivity contribution in [2.45, 2.75) is 96.0 Å². The van der Waals surface area contributed by atoms with Gasteiger partial charge in [-0.2, -0.15) is 4.98 Å². The minimum atomic E-state index is -2.82. The largest absolute Gasteiger partial charge is 0.414 e. The van der Waals surface area contributed by atoms with Crippen molar-refractivity contribution in [1.29, 1.82) is 0 Å². The Kier molecular flexibility index (Phi) is 8.28. The Labute approximate surface area is 205 Å². The number of nitrogens with one attached hydrogen (secondary N) is 1. The fourth-order valence-corrected chi connectivity index (χ4v) is 16.3. The van der Waals surface area contributed by atoms with E-state index >= 15 is 0 Å². The molecule has 1 aromatic heterocycles. The van der Waals surface area contributed by atoms with E-state index in [2.05, 4.69) is 72.3 Å². The number of anilines is 1. The third-order valence-corrected chi connectivity index (χ3v) is 17.2. The van der Waals surface area contributed by atoms with Gasteiger partial charge in [-0.3, -0.25) is 4.57 Å². The van der Waals surface area contributed by atoms with Crippen molar-refractivity contribution in [2.75, 3.05) is 18.7 Å². The number of ether oxygens (including phenoxy) is 1. The molecule has 0 bridgehead atoms. The fraction of sp³-hybridized carbons (Fsp3) is 0.739. The first-order valence-corrected chi connectivity index (χ1v) is 16.1. The first-order valence-electron chi connectivity index (χ1n) is 12.2. The Morgan fingerprint density at radius 2 is 1.71 bits per heavy atom. The van der Waals surface area contributed by atoms with Crippen LogP contribution in [0.15, 0.2) is 29.2 Å². The number of nitrogens with zero attached hydrogens (tertiary/aromatic N) is 2. The number of aliphatic hydroxyl groups excluding tert-OH is 1. The Morgan fingerprint density at radius 1 is 1.12 bits per heavy atom. The van der Waals surface area contributed by atoms with Crippen LogP contribution >= 0.6 is 0 Å². The maximum absolute atomic E-state index is 12.7. The number of fused-ring (bicyclic) bond motifs is 1. The molecule has 0 aliphatic carbocycles. The van der Waals surface area contributed by atoms with E-state index in [-0.39, 0.29) is 28.9 Å². The van der Waals surface area contributed by atoms with Crippen LogP contribution in [-0.2, 0) is 17.7 Å². The van der Waals surface area contributed by atoms with Crippen LogP contribution in [0.2, 0.25) is 22.2 Å². The maximum Gasteiger partial charge on any atom is 0.351 e. The van der Waals surface area contributed by atoms with Crippen molar-refractivity contribution in [3.05, 3.63) is 34.9 Å². The Balaban J connectivity index is 2.04. The summed E-state index contributed by atoms with van der Waals surface area (Å²) in [6.45, 7) is 21.7. The van der Waals surface area contributed by atoms with E-state index in [1.54, 1.807) is 12.3 Å². The Bertz CT molecular complexity index is 920. The molecule has 1 aromatic rings. The molecule has 34 heavy (non-hydrogen) atoms. The van der Waals surface area contributed by atoms with Crippen LogP contribution in [-0.4, -0.2) is 57.3 Å². The number of rotatable bonds is 7. The lowest BCUT2D eigenvalue weighted by atomic mass is 10.1. The quantitative estimate of drug-likeness (QED) is 0.321. The number of aromatic nitrogens is 2. The third-order valence-electron chi connectivity index (χ3n) is 6.99. The summed E-state index contributed by atoms with van der Waals surface area (Å²) >= 11 is 0. The van der Waals surface area contributed by atoms with Crippen molar-refractivity contribution < 1.29 is 22.8 Å². The molecular formula is C23H41N3O6Si2. The zero-order chi connectivity index (χ0) is 25.4. The lowest BCUT2D eigenvalue weighted by molar-refractivity contribution is -0.0561. The predicted octanol–water partition coefficient (Wildman–Crippen LogP) is 4.02. The molecule has 9 nitrogen and oxygen atoms in total. The van der Waals surface area contributed by atoms with E-state index in [4.69, 9.17) is 22.8 Å². The maximum atomic E-state index is 12.7. The average molecular weight is 512 g/mol. The Morgan fingerprint density at radius 3 is 2.21 bits per heavy atom. The second-order valence-corrected chi connectivity index (χ2v) is 19.3. The highest BCUT2D eigenvalue weighted by Gasteiger charge is 2.60. The molecule has 3 heterocycles. The highest BCUT2D eigenvalue weighted by molar-refractivity contribution is 6.84. The average Bonchev–Trinajstić information content (AvgIpc) is 3.02. The molecule has 2 aliphatic heterocycles. The second-order valence-electron chi connectivity index (χ2n) is 10.5. The molecule has 0 amide bonds. The molecule has 0 saturated carbocycles. The zero-order valence-electron chi connectivity index (χ0n) is 21.7. The number of hydrogen-bond acceptors (Lipinski definition) is 8. The summed E-state index contributed by atoms with van der Waals surface area (Å²) in [6.07, 6.45) is 0.0171. The molecule has 0 unspecified atom stereocenters. The van der Waals surface area contributed by atoms with Crippen LogP contribution in [0.5, 0.6) is 0 Å². The topological polar surface area (TPSA) is 104 Å². The molecule has 0 spiro atoms. The highest BCUT2D eigenvalue weighted by atomic mass is 28.5. The van der Waals surface area contributed by atoms with E-state index in [1.165, 1.54) is 4.57 Å². The predicted molar refractivity (Wildman–Crippen MR) is 136 cm³/mol. The van der Waals surface area contributed by atoms with Gasteiger partial charge in [-0.15, -0.1) is 0 Å². The van der Waals surface area contributed by atoms with Crippen LogP contribution in [0.4, 0.5) is 5.82 Å². The van der Waals surface area contributed by atoms with Gasteiger partial charge in [0, 0.05) is 11.8 Å². The molecule has 0 aromatic carbocycles. The van der Waals surface area contributed by atoms with E-state index in [0.29, 0.717) is 18.0 Å². The van der Waals surface area contributed by atoms with Crippen LogP contribution in [0, 0.1) is 0 Å². The summed E-state index contributed by atoms with van der Waals surface area (Å²) < 4.78 is 28.7. The van der Waals surface area contributed by atoms with Gasteiger partial charge < -0.3 is 28.1 Å². The molecule has 192 valence electrons. The van der Waals surface area contributed by atoms with Crippen molar-refractivity contribution in [2.24, 2.45) is 0 Å². The van der Waals surface area contributed by atoms with Crippen LogP contribution in [0.1, 0.15) is 61.6 Å². The summed E-state index contributed by atoms with van der Waals surface area (Å²) in [6, 6.07) is 1.62. The standard InChI is InChI=1S/C23H41N3O6Si2/c1-14(2)33(15(3)4)29-12-19-21(31-34(32-33,16(5)6)17(7)8)18(9)22(30-19)26-11-10-20(24-13-27)25-23(26)28/h10-11,14-17,19,21-22,27H,9,12-13H2,1-8H3,(H,24,25,28)/t19-,21+,22-/m1/s1. The first-order chi connectivity index (χ1) is 15.9. The van der Waals surface area contributed by atoms with E-state index in [9.17, 15) is 4.79 Å². The molecule has 2 N–H and O–H groups in total. The molecule has 3 atom stereocenters. The number of aliphatic hydroxyl groups is 1. The Hall–Kier alpha value is -1.35. The molecule has 11 heteroatoms. The lowest BCUT2D eigenvalue weighted by Gasteiger charge is -2.51. The summed E-state index contributed by atoms with van der Waals surface area (Å²) in [4.78, 5) is 16.7. The van der Waals surface area contributed by atoms with Gasteiger partial charge in [-0.25, -0.2) is 4.79 Å². The molecule has 0 radical (unpaired) electrons. The van der Waals surface area contributed by atoms with Crippen LogP contribution in [0.25, 0.3) is 0 Å². The van der Waals surface area contributed by atoms with Crippen molar-refractivity contribution in [1.82, 2.24) is 9.55 Å². The van der Waals surface area contributed by atoms with Gasteiger partial charge in [-0.1, -0.05) is 62.0 Å². The van der Waals surface area contributed by atoms with Gasteiger partial charge in [0.05, 0.1) is 6.61 Å². The lowest BCUT2D eigenvalue weighted by Crippen LogP contribution is -2.65. The van der Waals surface area contributed by atoms with Gasteiger partial charge >= 0.3 is 22.8 Å². The van der Waals surface area contributed by atoms with Gasteiger partial charge in [0.2, 0.25) is 0 Å². The van der Waals surface area contributed by atoms with Gasteiger partial charge in [0.1, 0.15) is 24.8 Å². The third kappa shape index (κ3) is 4.71. The molecular weight excluding hydrogens is 470 g/mol.